The molecular formula is C30H27F6N3O3. The highest BCUT2D eigenvalue weighted by molar-refractivity contribution is 6.07. The van der Waals surface area contributed by atoms with Gasteiger partial charge in [-0.25, -0.2) is 0 Å². The Balaban J connectivity index is 1.87. The second-order valence-corrected chi connectivity index (χ2v) is 10.1. The Kier molecular flexibility index (Phi) is 8.76. The fourth-order valence-corrected chi connectivity index (χ4v) is 4.56. The third-order valence-corrected chi connectivity index (χ3v) is 6.84. The molecule has 1 amide bonds. The first-order valence-electron chi connectivity index (χ1n) is 13.0. The van der Waals surface area contributed by atoms with E-state index in [2.05, 4.69) is 10.3 Å². The summed E-state index contributed by atoms with van der Waals surface area (Å²) in [5, 5.41) is 12.3. The molecule has 0 aliphatic heterocycles. The monoisotopic (exact) mass is 591 g/mol. The zero-order valence-corrected chi connectivity index (χ0v) is 22.6. The van der Waals surface area contributed by atoms with Crippen molar-refractivity contribution >= 4 is 16.8 Å². The fourth-order valence-electron chi connectivity index (χ4n) is 4.56. The Morgan fingerprint density at radius 1 is 1.00 bits per heavy atom. The number of amides is 1. The van der Waals surface area contributed by atoms with E-state index in [1.165, 1.54) is 10.8 Å². The minimum Gasteiger partial charge on any atom is -0.396 e. The molecule has 6 nitrogen and oxygen atoms in total. The van der Waals surface area contributed by atoms with Crippen molar-refractivity contribution in [1.29, 1.82) is 0 Å². The smallest absolute Gasteiger partial charge is 0.396 e. The van der Waals surface area contributed by atoms with Gasteiger partial charge in [0.15, 0.2) is 0 Å². The Bertz CT molecular complexity index is 1630. The number of carbonyl (C=O) groups is 1. The lowest BCUT2D eigenvalue weighted by Crippen LogP contribution is -2.34. The van der Waals surface area contributed by atoms with Crippen LogP contribution in [0.1, 0.15) is 46.1 Å². The minimum absolute atomic E-state index is 0.00350. The van der Waals surface area contributed by atoms with Crippen molar-refractivity contribution in [3.63, 3.8) is 0 Å². The maximum atomic E-state index is 13.8. The number of hydrogen-bond acceptors (Lipinski definition) is 4. The summed E-state index contributed by atoms with van der Waals surface area (Å²) in [6.07, 6.45) is -8.37. The zero-order chi connectivity index (χ0) is 30.8. The van der Waals surface area contributed by atoms with Crippen LogP contribution in [0.2, 0.25) is 0 Å². The Morgan fingerprint density at radius 2 is 1.62 bits per heavy atom. The average Bonchev–Trinajstić information content (AvgIpc) is 2.94. The highest BCUT2D eigenvalue weighted by atomic mass is 19.4. The Hall–Kier alpha value is -4.19. The van der Waals surface area contributed by atoms with Crippen LogP contribution < -0.4 is 10.9 Å². The van der Waals surface area contributed by atoms with Gasteiger partial charge in [0.2, 0.25) is 0 Å². The van der Waals surface area contributed by atoms with Gasteiger partial charge < -0.3 is 15.0 Å². The third-order valence-electron chi connectivity index (χ3n) is 6.84. The van der Waals surface area contributed by atoms with E-state index in [-0.39, 0.29) is 36.3 Å². The van der Waals surface area contributed by atoms with Crippen LogP contribution in [0.25, 0.3) is 22.0 Å². The van der Waals surface area contributed by atoms with Gasteiger partial charge in [-0.15, -0.1) is 0 Å². The first-order chi connectivity index (χ1) is 19.7. The molecule has 222 valence electrons. The van der Waals surface area contributed by atoms with Crippen LogP contribution in [0, 0.1) is 12.8 Å². The number of rotatable bonds is 8. The number of benzene rings is 2. The van der Waals surface area contributed by atoms with Gasteiger partial charge in [0.25, 0.3) is 11.5 Å². The topological polar surface area (TPSA) is 84.2 Å². The number of halogens is 6. The highest BCUT2D eigenvalue weighted by Crippen LogP contribution is 2.36. The molecule has 0 unspecified atom stereocenters. The van der Waals surface area contributed by atoms with Crippen molar-refractivity contribution in [1.82, 2.24) is 14.9 Å². The molecule has 0 radical (unpaired) electrons. The number of carbonyl (C=O) groups excluding carboxylic acids is 1. The van der Waals surface area contributed by atoms with Gasteiger partial charge in [0, 0.05) is 36.8 Å². The SMILES string of the molecule is Cc1ccc(-c2c(C(=O)NCc3cc(C(F)(F)F)cc(C(F)(F)F)c3)n(CC[C@@H](C)CO)c(=O)c3ncccc23)cc1. The molecule has 0 bridgehead atoms. The summed E-state index contributed by atoms with van der Waals surface area (Å²) in [7, 11) is 0. The number of nitrogens with zero attached hydrogens (tertiary/aromatic N) is 2. The van der Waals surface area contributed by atoms with Crippen LogP contribution in [0.4, 0.5) is 26.3 Å². The molecule has 2 heterocycles. The van der Waals surface area contributed by atoms with Crippen molar-refractivity contribution in [3.05, 3.63) is 99.1 Å². The molecule has 0 saturated heterocycles. The van der Waals surface area contributed by atoms with Crippen molar-refractivity contribution in [2.75, 3.05) is 6.61 Å². The molecule has 0 fully saturated rings. The Labute approximate surface area is 236 Å². The summed E-state index contributed by atoms with van der Waals surface area (Å²) in [6, 6.07) is 11.3. The summed E-state index contributed by atoms with van der Waals surface area (Å²) < 4.78 is 81.5. The lowest BCUT2D eigenvalue weighted by Gasteiger charge is -2.21. The predicted octanol–water partition coefficient (Wildman–Crippen LogP) is 6.36. The second-order valence-electron chi connectivity index (χ2n) is 10.1. The molecule has 2 N–H and O–H groups in total. The molecule has 4 aromatic rings. The van der Waals surface area contributed by atoms with E-state index in [1.54, 1.807) is 43.3 Å². The number of fused-ring (bicyclic) bond motifs is 1. The minimum atomic E-state index is -5.05. The molecule has 0 spiro atoms. The molecule has 42 heavy (non-hydrogen) atoms. The standard InChI is InChI=1S/C30H27F6N3O3/c1-17-5-7-20(8-6-17)24-23-4-3-10-37-25(23)28(42)39(11-9-18(2)16-40)26(24)27(41)38-15-19-12-21(29(31,32)33)14-22(13-19)30(34,35)36/h3-8,10,12-14,18,40H,9,11,15-16H2,1-2H3,(H,38,41)/t18-/m1/s1. The molecule has 12 heteroatoms. The van der Waals surface area contributed by atoms with Crippen LogP contribution in [0.5, 0.6) is 0 Å². The highest BCUT2D eigenvalue weighted by Gasteiger charge is 2.37. The number of aliphatic hydroxyl groups is 1. The van der Waals surface area contributed by atoms with Gasteiger partial charge >= 0.3 is 12.4 Å². The normalized spacial score (nSPS) is 12.9. The summed E-state index contributed by atoms with van der Waals surface area (Å²) in [4.78, 5) is 31.6. The first-order valence-corrected chi connectivity index (χ1v) is 13.0. The summed E-state index contributed by atoms with van der Waals surface area (Å²) in [5.74, 6) is -1.11. The van der Waals surface area contributed by atoms with Gasteiger partial charge in [0.1, 0.15) is 11.2 Å². The van der Waals surface area contributed by atoms with Crippen LogP contribution >= 0.6 is 0 Å². The molecule has 1 atom stereocenters. The second kappa shape index (κ2) is 12.0. The van der Waals surface area contributed by atoms with Gasteiger partial charge in [-0.05, 0) is 54.7 Å². The average molecular weight is 592 g/mol. The third kappa shape index (κ3) is 6.64. The van der Waals surface area contributed by atoms with Crippen molar-refractivity contribution < 1.29 is 36.2 Å². The van der Waals surface area contributed by atoms with Gasteiger partial charge in [-0.3, -0.25) is 14.6 Å². The Morgan fingerprint density at radius 3 is 2.19 bits per heavy atom. The van der Waals surface area contributed by atoms with Gasteiger partial charge in [-0.1, -0.05) is 42.8 Å². The molecule has 4 rings (SSSR count). The summed E-state index contributed by atoms with van der Waals surface area (Å²) in [6.45, 7) is 2.75. The van der Waals surface area contributed by atoms with Gasteiger partial charge in [0.05, 0.1) is 11.1 Å². The van der Waals surface area contributed by atoms with Crippen LogP contribution in [-0.4, -0.2) is 27.2 Å². The lowest BCUT2D eigenvalue weighted by atomic mass is 9.96. The van der Waals surface area contributed by atoms with Crippen LogP contribution in [0.3, 0.4) is 0 Å². The van der Waals surface area contributed by atoms with E-state index in [1.807, 2.05) is 6.92 Å². The summed E-state index contributed by atoms with van der Waals surface area (Å²) in [5.41, 5.74) is -2.29. The van der Waals surface area contributed by atoms with Crippen molar-refractivity contribution in [2.24, 2.45) is 5.92 Å². The number of pyridine rings is 2. The zero-order valence-electron chi connectivity index (χ0n) is 22.6. The first kappa shape index (κ1) is 30.8. The molecule has 2 aromatic carbocycles. The van der Waals surface area contributed by atoms with E-state index in [0.717, 1.165) is 5.56 Å². The van der Waals surface area contributed by atoms with E-state index >= 15 is 0 Å². The van der Waals surface area contributed by atoms with E-state index in [0.29, 0.717) is 35.1 Å². The van der Waals surface area contributed by atoms with E-state index < -0.39 is 47.1 Å². The number of aromatic nitrogens is 2. The number of aliphatic hydroxyl groups excluding tert-OH is 1. The van der Waals surface area contributed by atoms with E-state index in [9.17, 15) is 41.0 Å². The number of nitrogens with one attached hydrogen (secondary N) is 1. The molecular weight excluding hydrogens is 564 g/mol. The molecule has 2 aromatic heterocycles. The quantitative estimate of drug-likeness (QED) is 0.234. The van der Waals surface area contributed by atoms with Crippen molar-refractivity contribution in [2.45, 2.75) is 45.7 Å². The van der Waals surface area contributed by atoms with E-state index in [4.69, 9.17) is 0 Å². The van der Waals surface area contributed by atoms with Gasteiger partial charge in [-0.2, -0.15) is 26.3 Å². The lowest BCUT2D eigenvalue weighted by molar-refractivity contribution is -0.143. The fraction of sp³-hybridized carbons (Fsp3) is 0.300. The number of alkyl halides is 6. The van der Waals surface area contributed by atoms with Crippen LogP contribution in [0.15, 0.2) is 65.6 Å². The van der Waals surface area contributed by atoms with Crippen molar-refractivity contribution in [3.8, 4) is 11.1 Å². The maximum Gasteiger partial charge on any atom is 0.416 e. The number of hydrogen-bond donors (Lipinski definition) is 2. The summed E-state index contributed by atoms with van der Waals surface area (Å²) >= 11 is 0. The maximum absolute atomic E-state index is 13.8. The molecule has 0 saturated carbocycles. The molecule has 0 aliphatic carbocycles. The molecule has 0 aliphatic rings. The predicted molar refractivity (Wildman–Crippen MR) is 145 cm³/mol. The largest absolute Gasteiger partial charge is 0.416 e. The van der Waals surface area contributed by atoms with Crippen LogP contribution in [-0.2, 0) is 25.4 Å². The number of aryl methyl sites for hydroxylation is 1.